The normalized spacial score (nSPS) is 13.6. The molecule has 2 N–H and O–H groups in total. The van der Waals surface area contributed by atoms with Crippen LogP contribution in [0.1, 0.15) is 35.7 Å². The van der Waals surface area contributed by atoms with Crippen LogP contribution in [0.5, 0.6) is 0 Å². The number of hydrogen-bond acceptors (Lipinski definition) is 4. The molecule has 0 saturated heterocycles. The maximum Gasteiger partial charge on any atom is 0.283 e. The molecule has 0 spiro atoms. The van der Waals surface area contributed by atoms with Crippen LogP contribution in [-0.2, 0) is 9.59 Å². The van der Waals surface area contributed by atoms with E-state index in [0.717, 1.165) is 16.2 Å². The Hall–Kier alpha value is -3.61. The van der Waals surface area contributed by atoms with Gasteiger partial charge in [0.05, 0.1) is 10.7 Å². The average Bonchev–Trinajstić information content (AvgIpc) is 3.03. The van der Waals surface area contributed by atoms with Crippen molar-refractivity contribution < 1.29 is 14.4 Å². The summed E-state index contributed by atoms with van der Waals surface area (Å²) in [5, 5.41) is 5.82. The molecule has 172 valence electrons. The molecule has 1 aliphatic rings. The third-order valence-corrected chi connectivity index (χ3v) is 6.02. The minimum atomic E-state index is -0.679. The summed E-state index contributed by atoms with van der Waals surface area (Å²) in [6.07, 6.45) is 0. The molecule has 0 fully saturated rings. The van der Waals surface area contributed by atoms with Gasteiger partial charge in [0, 0.05) is 16.9 Å². The number of anilines is 3. The monoisotopic (exact) mass is 493 g/mol. The second-order valence-corrected chi connectivity index (χ2v) is 8.77. The van der Waals surface area contributed by atoms with E-state index in [1.165, 1.54) is 0 Å². The van der Waals surface area contributed by atoms with E-state index in [9.17, 15) is 14.4 Å². The van der Waals surface area contributed by atoms with Crippen molar-refractivity contribution in [2.75, 3.05) is 15.5 Å². The smallest absolute Gasteiger partial charge is 0.283 e. The molecule has 0 radical (unpaired) electrons. The molecule has 1 heterocycles. The molecule has 0 unspecified atom stereocenters. The fraction of sp³-hybridized carbons (Fsp3) is 0.115. The molecule has 4 rings (SSSR count). The second kappa shape index (κ2) is 9.71. The molecule has 0 atom stereocenters. The molecule has 34 heavy (non-hydrogen) atoms. The summed E-state index contributed by atoms with van der Waals surface area (Å²) in [6, 6.07) is 20.7. The van der Waals surface area contributed by atoms with Gasteiger partial charge in [-0.05, 0) is 47.9 Å². The maximum absolute atomic E-state index is 13.0. The Kier molecular flexibility index (Phi) is 6.72. The minimum Gasteiger partial charge on any atom is -0.350 e. The Bertz CT molecular complexity index is 1330. The molecule has 3 aromatic carbocycles. The SMILES string of the molecule is CC(C)c1ccccc1NC(=O)c1cccc(NC2=C(Cl)C(=O)N(c3ccccc3Cl)C2=O)c1. The van der Waals surface area contributed by atoms with Gasteiger partial charge in [0.1, 0.15) is 10.7 Å². The summed E-state index contributed by atoms with van der Waals surface area (Å²) in [5.74, 6) is -1.38. The van der Waals surface area contributed by atoms with E-state index in [4.69, 9.17) is 23.2 Å². The highest BCUT2D eigenvalue weighted by Crippen LogP contribution is 2.34. The van der Waals surface area contributed by atoms with Crippen molar-refractivity contribution in [2.24, 2.45) is 0 Å². The summed E-state index contributed by atoms with van der Waals surface area (Å²) in [6.45, 7) is 4.11. The lowest BCUT2D eigenvalue weighted by molar-refractivity contribution is -0.120. The molecular formula is C26H21Cl2N3O3. The number of carbonyl (C=O) groups excluding carboxylic acids is 3. The summed E-state index contributed by atoms with van der Waals surface area (Å²) in [4.78, 5) is 39.5. The van der Waals surface area contributed by atoms with Crippen molar-refractivity contribution >= 4 is 58.0 Å². The Labute approximate surface area is 207 Å². The van der Waals surface area contributed by atoms with Gasteiger partial charge in [0.25, 0.3) is 17.7 Å². The van der Waals surface area contributed by atoms with E-state index in [2.05, 4.69) is 24.5 Å². The predicted octanol–water partition coefficient (Wildman–Crippen LogP) is 6.15. The zero-order valence-electron chi connectivity index (χ0n) is 18.4. The second-order valence-electron chi connectivity index (χ2n) is 7.99. The van der Waals surface area contributed by atoms with Crippen LogP contribution in [-0.4, -0.2) is 17.7 Å². The molecule has 0 aromatic heterocycles. The summed E-state index contributed by atoms with van der Waals surface area (Å²) >= 11 is 12.4. The van der Waals surface area contributed by atoms with Crippen molar-refractivity contribution in [3.05, 3.63) is 99.7 Å². The van der Waals surface area contributed by atoms with Crippen LogP contribution in [0.25, 0.3) is 0 Å². The molecule has 0 saturated carbocycles. The van der Waals surface area contributed by atoms with Gasteiger partial charge in [-0.1, -0.05) is 73.4 Å². The predicted molar refractivity (Wildman–Crippen MR) is 135 cm³/mol. The molecule has 0 bridgehead atoms. The van der Waals surface area contributed by atoms with E-state index in [1.54, 1.807) is 48.5 Å². The molecule has 8 heteroatoms. The number of para-hydroxylation sites is 2. The number of rotatable bonds is 6. The lowest BCUT2D eigenvalue weighted by atomic mass is 10.0. The van der Waals surface area contributed by atoms with Crippen LogP contribution < -0.4 is 15.5 Å². The quantitative estimate of drug-likeness (QED) is 0.403. The van der Waals surface area contributed by atoms with Crippen LogP contribution in [0.4, 0.5) is 17.1 Å². The zero-order chi connectivity index (χ0) is 24.4. The highest BCUT2D eigenvalue weighted by molar-refractivity contribution is 6.53. The van der Waals surface area contributed by atoms with Crippen molar-refractivity contribution in [3.63, 3.8) is 0 Å². The number of hydrogen-bond donors (Lipinski definition) is 2. The number of halogens is 2. The van der Waals surface area contributed by atoms with Gasteiger partial charge in [0.2, 0.25) is 0 Å². The maximum atomic E-state index is 13.0. The third-order valence-electron chi connectivity index (χ3n) is 5.35. The van der Waals surface area contributed by atoms with Crippen molar-refractivity contribution in [3.8, 4) is 0 Å². The van der Waals surface area contributed by atoms with Crippen LogP contribution in [0.2, 0.25) is 5.02 Å². The van der Waals surface area contributed by atoms with Gasteiger partial charge in [-0.2, -0.15) is 0 Å². The molecule has 6 nitrogen and oxygen atoms in total. The Morgan fingerprint density at radius 3 is 2.32 bits per heavy atom. The summed E-state index contributed by atoms with van der Waals surface area (Å²) in [7, 11) is 0. The number of imide groups is 1. The van der Waals surface area contributed by atoms with E-state index in [-0.39, 0.29) is 33.3 Å². The van der Waals surface area contributed by atoms with E-state index in [1.807, 2.05) is 24.3 Å². The van der Waals surface area contributed by atoms with Crippen LogP contribution in [0, 0.1) is 0 Å². The van der Waals surface area contributed by atoms with Gasteiger partial charge < -0.3 is 10.6 Å². The average molecular weight is 494 g/mol. The zero-order valence-corrected chi connectivity index (χ0v) is 19.9. The highest BCUT2D eigenvalue weighted by Gasteiger charge is 2.39. The number of amides is 3. The van der Waals surface area contributed by atoms with Gasteiger partial charge >= 0.3 is 0 Å². The van der Waals surface area contributed by atoms with Crippen LogP contribution >= 0.6 is 23.2 Å². The number of nitrogens with zero attached hydrogens (tertiary/aromatic N) is 1. The number of carbonyl (C=O) groups is 3. The Morgan fingerprint density at radius 1 is 0.882 bits per heavy atom. The summed E-state index contributed by atoms with van der Waals surface area (Å²) in [5.41, 5.74) is 2.72. The third kappa shape index (κ3) is 4.55. The van der Waals surface area contributed by atoms with Crippen LogP contribution in [0.3, 0.4) is 0 Å². The fourth-order valence-electron chi connectivity index (χ4n) is 3.65. The van der Waals surface area contributed by atoms with Crippen molar-refractivity contribution in [2.45, 2.75) is 19.8 Å². The van der Waals surface area contributed by atoms with Crippen LogP contribution in [0.15, 0.2) is 83.5 Å². The largest absolute Gasteiger partial charge is 0.350 e. The molecular weight excluding hydrogens is 473 g/mol. The highest BCUT2D eigenvalue weighted by atomic mass is 35.5. The number of nitrogens with one attached hydrogen (secondary N) is 2. The van der Waals surface area contributed by atoms with Gasteiger partial charge in [-0.15, -0.1) is 0 Å². The first-order chi connectivity index (χ1) is 16.3. The molecule has 1 aliphatic heterocycles. The first kappa shape index (κ1) is 23.5. The van der Waals surface area contributed by atoms with Gasteiger partial charge in [0.15, 0.2) is 0 Å². The first-order valence-electron chi connectivity index (χ1n) is 10.6. The van der Waals surface area contributed by atoms with E-state index < -0.39 is 11.8 Å². The standard InChI is InChI=1S/C26H21Cl2N3O3/c1-15(2)18-10-3-5-12-20(18)30-24(32)16-8-7-9-17(14-16)29-23-22(28)25(33)31(26(23)34)21-13-6-4-11-19(21)27/h3-15,29H,1-2H3,(H,30,32). The number of benzene rings is 3. The van der Waals surface area contributed by atoms with Gasteiger partial charge in [-0.3, -0.25) is 14.4 Å². The molecule has 0 aliphatic carbocycles. The lowest BCUT2D eigenvalue weighted by Gasteiger charge is -2.16. The molecule has 3 amide bonds. The summed E-state index contributed by atoms with van der Waals surface area (Å²) < 4.78 is 0. The van der Waals surface area contributed by atoms with Crippen molar-refractivity contribution in [1.29, 1.82) is 0 Å². The minimum absolute atomic E-state index is 0.0886. The topological polar surface area (TPSA) is 78.5 Å². The fourth-order valence-corrected chi connectivity index (χ4v) is 4.09. The first-order valence-corrected chi connectivity index (χ1v) is 11.3. The lowest BCUT2D eigenvalue weighted by Crippen LogP contribution is -2.32. The van der Waals surface area contributed by atoms with E-state index in [0.29, 0.717) is 11.3 Å². The van der Waals surface area contributed by atoms with Crippen molar-refractivity contribution in [1.82, 2.24) is 0 Å². The molecule has 3 aromatic rings. The van der Waals surface area contributed by atoms with Gasteiger partial charge in [-0.25, -0.2) is 4.90 Å². The van der Waals surface area contributed by atoms with E-state index >= 15 is 0 Å². The Balaban J connectivity index is 1.56. The Morgan fingerprint density at radius 2 is 1.59 bits per heavy atom.